The van der Waals surface area contributed by atoms with Crippen molar-refractivity contribution in [3.63, 3.8) is 0 Å². The third-order valence-electron chi connectivity index (χ3n) is 4.02. The van der Waals surface area contributed by atoms with Crippen molar-refractivity contribution >= 4 is 40.6 Å². The summed E-state index contributed by atoms with van der Waals surface area (Å²) in [6.45, 7) is 0.742. The van der Waals surface area contributed by atoms with Crippen LogP contribution >= 0.6 is 23.2 Å². The number of nitrogens with zero attached hydrogens (tertiary/aromatic N) is 1. The molecule has 0 fully saturated rings. The Morgan fingerprint density at radius 2 is 1.75 bits per heavy atom. The lowest BCUT2D eigenvalue weighted by atomic mass is 10.1. The number of methoxy groups -OCH3 is 1. The van der Waals surface area contributed by atoms with Crippen molar-refractivity contribution in [1.29, 1.82) is 0 Å². The summed E-state index contributed by atoms with van der Waals surface area (Å²) in [5.74, 6) is 1.28. The topological polar surface area (TPSA) is 63.2 Å². The van der Waals surface area contributed by atoms with Gasteiger partial charge >= 0.3 is 0 Å². The average molecular weight is 416 g/mol. The third kappa shape index (κ3) is 5.62. The average Bonchev–Trinajstić information content (AvgIpc) is 2.69. The van der Waals surface area contributed by atoms with Gasteiger partial charge in [0.05, 0.1) is 19.0 Å². The van der Waals surface area contributed by atoms with E-state index in [0.717, 1.165) is 24.5 Å². The summed E-state index contributed by atoms with van der Waals surface area (Å²) in [4.78, 5) is 16.6. The maximum absolute atomic E-state index is 12.3. The maximum atomic E-state index is 12.3. The Labute approximate surface area is 173 Å². The highest BCUT2D eigenvalue weighted by atomic mass is 35.5. The predicted molar refractivity (Wildman–Crippen MR) is 114 cm³/mol. The molecule has 1 heterocycles. The van der Waals surface area contributed by atoms with Gasteiger partial charge in [0.15, 0.2) is 0 Å². The van der Waals surface area contributed by atoms with Crippen LogP contribution in [0.3, 0.4) is 0 Å². The van der Waals surface area contributed by atoms with Gasteiger partial charge in [0.2, 0.25) is 0 Å². The first kappa shape index (κ1) is 20.0. The molecule has 3 rings (SSSR count). The molecule has 144 valence electrons. The molecule has 1 amide bonds. The molecule has 0 aliphatic rings. The fourth-order valence-corrected chi connectivity index (χ4v) is 3.11. The Balaban J connectivity index is 1.52. The number of halogens is 2. The quantitative estimate of drug-likeness (QED) is 0.549. The number of nitrogens with one attached hydrogen (secondary N) is 2. The van der Waals surface area contributed by atoms with Gasteiger partial charge in [0, 0.05) is 22.2 Å². The summed E-state index contributed by atoms with van der Waals surface area (Å²) in [6.07, 6.45) is 2.46. The molecule has 7 heteroatoms. The zero-order valence-corrected chi connectivity index (χ0v) is 16.7. The SMILES string of the molecule is COc1ccc(CCNc2ccc(NC(=O)c3cc(Cl)cc(Cl)c3)cn2)cc1. The minimum Gasteiger partial charge on any atom is -0.497 e. The van der Waals surface area contributed by atoms with Crippen molar-refractivity contribution < 1.29 is 9.53 Å². The molecule has 0 aliphatic heterocycles. The Morgan fingerprint density at radius 3 is 2.36 bits per heavy atom. The summed E-state index contributed by atoms with van der Waals surface area (Å²) in [7, 11) is 1.65. The van der Waals surface area contributed by atoms with E-state index in [1.54, 1.807) is 37.6 Å². The molecule has 2 aromatic carbocycles. The van der Waals surface area contributed by atoms with Crippen LogP contribution in [0, 0.1) is 0 Å². The van der Waals surface area contributed by atoms with Crippen molar-refractivity contribution in [1.82, 2.24) is 4.98 Å². The molecule has 0 spiro atoms. The molecule has 0 atom stereocenters. The lowest BCUT2D eigenvalue weighted by Gasteiger charge is -2.09. The Kier molecular flexibility index (Phi) is 6.74. The number of ether oxygens (including phenoxy) is 1. The minimum atomic E-state index is -0.300. The number of carbonyl (C=O) groups excluding carboxylic acids is 1. The number of hydrogen-bond acceptors (Lipinski definition) is 4. The number of amides is 1. The number of rotatable bonds is 7. The molecule has 28 heavy (non-hydrogen) atoms. The Morgan fingerprint density at radius 1 is 1.04 bits per heavy atom. The van der Waals surface area contributed by atoms with E-state index < -0.39 is 0 Å². The normalized spacial score (nSPS) is 10.4. The Bertz CT molecular complexity index is 925. The van der Waals surface area contributed by atoms with E-state index in [2.05, 4.69) is 15.6 Å². The molecule has 5 nitrogen and oxygen atoms in total. The summed E-state index contributed by atoms with van der Waals surface area (Å²) >= 11 is 11.9. The molecular weight excluding hydrogens is 397 g/mol. The van der Waals surface area contributed by atoms with Gasteiger partial charge in [-0.25, -0.2) is 4.98 Å². The van der Waals surface area contributed by atoms with Crippen molar-refractivity contribution in [3.05, 3.63) is 82.0 Å². The van der Waals surface area contributed by atoms with E-state index in [1.807, 2.05) is 30.3 Å². The summed E-state index contributed by atoms with van der Waals surface area (Å²) < 4.78 is 5.15. The monoisotopic (exact) mass is 415 g/mol. The van der Waals surface area contributed by atoms with E-state index in [4.69, 9.17) is 27.9 Å². The van der Waals surface area contributed by atoms with Crippen molar-refractivity contribution in [2.45, 2.75) is 6.42 Å². The summed E-state index contributed by atoms with van der Waals surface area (Å²) in [6, 6.07) is 16.3. The number of anilines is 2. The van der Waals surface area contributed by atoms with Crippen LogP contribution in [0.15, 0.2) is 60.8 Å². The van der Waals surface area contributed by atoms with Crippen molar-refractivity contribution in [3.8, 4) is 5.75 Å². The first-order chi connectivity index (χ1) is 13.5. The molecule has 0 radical (unpaired) electrons. The molecule has 0 unspecified atom stereocenters. The van der Waals surface area contributed by atoms with Gasteiger partial charge in [-0.15, -0.1) is 0 Å². The fourth-order valence-electron chi connectivity index (χ4n) is 2.59. The molecule has 0 saturated carbocycles. The van der Waals surface area contributed by atoms with E-state index >= 15 is 0 Å². The molecule has 2 N–H and O–H groups in total. The number of carbonyl (C=O) groups is 1. The third-order valence-corrected chi connectivity index (χ3v) is 4.46. The summed E-state index contributed by atoms with van der Waals surface area (Å²) in [5, 5.41) is 6.85. The van der Waals surface area contributed by atoms with Crippen molar-refractivity contribution in [2.75, 3.05) is 24.3 Å². The van der Waals surface area contributed by atoms with E-state index in [9.17, 15) is 4.79 Å². The van der Waals surface area contributed by atoms with Crippen LogP contribution in [-0.4, -0.2) is 24.5 Å². The number of hydrogen-bond donors (Lipinski definition) is 2. The fraction of sp³-hybridized carbons (Fsp3) is 0.143. The van der Waals surface area contributed by atoms with Crippen LogP contribution in [0.4, 0.5) is 11.5 Å². The van der Waals surface area contributed by atoms with Crippen LogP contribution in [0.2, 0.25) is 10.0 Å². The number of benzene rings is 2. The first-order valence-corrected chi connectivity index (χ1v) is 9.39. The predicted octanol–water partition coefficient (Wildman–Crippen LogP) is 5.30. The van der Waals surface area contributed by atoms with Gasteiger partial charge in [-0.3, -0.25) is 4.79 Å². The second-order valence-corrected chi connectivity index (χ2v) is 6.94. The standard InChI is InChI=1S/C21H19Cl2N3O2/c1-28-19-5-2-14(3-6-19)8-9-24-20-7-4-18(13-25-20)26-21(27)15-10-16(22)12-17(23)11-15/h2-7,10-13H,8-9H2,1H3,(H,24,25)(H,26,27). The summed E-state index contributed by atoms with van der Waals surface area (Å²) in [5.41, 5.74) is 2.18. The molecule has 0 aliphatic carbocycles. The van der Waals surface area contributed by atoms with Gasteiger partial charge in [0.1, 0.15) is 11.6 Å². The van der Waals surface area contributed by atoms with Gasteiger partial charge in [-0.05, 0) is 54.4 Å². The van der Waals surface area contributed by atoms with Crippen LogP contribution < -0.4 is 15.4 Å². The lowest BCUT2D eigenvalue weighted by Crippen LogP contribution is -2.12. The zero-order valence-electron chi connectivity index (χ0n) is 15.2. The smallest absolute Gasteiger partial charge is 0.255 e. The molecule has 1 aromatic heterocycles. The molecular formula is C21H19Cl2N3O2. The molecule has 0 bridgehead atoms. The van der Waals surface area contributed by atoms with Crippen LogP contribution in [0.25, 0.3) is 0 Å². The van der Waals surface area contributed by atoms with E-state index in [-0.39, 0.29) is 5.91 Å². The van der Waals surface area contributed by atoms with Gasteiger partial charge < -0.3 is 15.4 Å². The highest BCUT2D eigenvalue weighted by Crippen LogP contribution is 2.20. The van der Waals surface area contributed by atoms with Crippen LogP contribution in [-0.2, 0) is 6.42 Å². The first-order valence-electron chi connectivity index (χ1n) is 8.64. The lowest BCUT2D eigenvalue weighted by molar-refractivity contribution is 0.102. The van der Waals surface area contributed by atoms with Gasteiger partial charge in [-0.2, -0.15) is 0 Å². The number of aromatic nitrogens is 1. The molecule has 0 saturated heterocycles. The van der Waals surface area contributed by atoms with Crippen molar-refractivity contribution in [2.24, 2.45) is 0 Å². The maximum Gasteiger partial charge on any atom is 0.255 e. The van der Waals surface area contributed by atoms with Gasteiger partial charge in [-0.1, -0.05) is 35.3 Å². The van der Waals surface area contributed by atoms with E-state index in [0.29, 0.717) is 21.3 Å². The van der Waals surface area contributed by atoms with E-state index in [1.165, 1.54) is 5.56 Å². The highest BCUT2D eigenvalue weighted by Gasteiger charge is 2.08. The minimum absolute atomic E-state index is 0.300. The molecule has 3 aromatic rings. The largest absolute Gasteiger partial charge is 0.497 e. The van der Waals surface area contributed by atoms with Crippen LogP contribution in [0.1, 0.15) is 15.9 Å². The number of pyridine rings is 1. The second kappa shape index (κ2) is 9.44. The van der Waals surface area contributed by atoms with Crippen LogP contribution in [0.5, 0.6) is 5.75 Å². The highest BCUT2D eigenvalue weighted by molar-refractivity contribution is 6.35. The zero-order chi connectivity index (χ0) is 19.9. The van der Waals surface area contributed by atoms with Gasteiger partial charge in [0.25, 0.3) is 5.91 Å². The second-order valence-electron chi connectivity index (χ2n) is 6.07. The Hall–Kier alpha value is -2.76.